The molecule has 34 valence electrons. The number of hydrogen-bond acceptors (Lipinski definition) is 2. The van der Waals surface area contributed by atoms with Crippen molar-refractivity contribution in [3.05, 3.63) is 12.3 Å². The lowest BCUT2D eigenvalue weighted by atomic mass is 10.0. The lowest BCUT2D eigenvalue weighted by Crippen LogP contribution is -1.98. The Labute approximate surface area is 37.5 Å². The first-order valence-corrected chi connectivity index (χ1v) is 1.76. The summed E-state index contributed by atoms with van der Waals surface area (Å²) in [5.74, 6) is 0. The summed E-state index contributed by atoms with van der Waals surface area (Å²) >= 11 is 0. The second-order valence-corrected chi connectivity index (χ2v) is 1.08. The van der Waals surface area contributed by atoms with Crippen molar-refractivity contribution in [3.63, 3.8) is 0 Å². The molecule has 1 unspecified atom stereocenters. The van der Waals surface area contributed by atoms with Gasteiger partial charge in [0.25, 0.3) is 0 Å². The van der Waals surface area contributed by atoms with Crippen LogP contribution in [0.1, 0.15) is 0 Å². The Kier molecular flexibility index (Phi) is 2.58. The monoisotopic (exact) mass is 86.1 g/mol. The van der Waals surface area contributed by atoms with Crippen LogP contribution in [0.5, 0.6) is 0 Å². The van der Waals surface area contributed by atoms with E-state index in [1.807, 2.05) is 0 Å². The molecule has 0 radical (unpaired) electrons. The van der Waals surface area contributed by atoms with Crippen molar-refractivity contribution in [1.29, 1.82) is 0 Å². The van der Waals surface area contributed by atoms with Crippen molar-refractivity contribution in [2.45, 2.75) is 6.00 Å². The largest absolute Gasteiger partial charge is 0.516 e. The van der Waals surface area contributed by atoms with Gasteiger partial charge in [-0.2, -0.15) is 0 Å². The van der Waals surface area contributed by atoms with Crippen LogP contribution < -0.4 is 0 Å². The molecule has 0 bridgehead atoms. The maximum Gasteiger partial charge on any atom is 0.144 e. The number of aliphatic hydroxyl groups is 2. The Morgan fingerprint density at radius 3 is 2.17 bits per heavy atom. The minimum absolute atomic E-state index is 0.532. The Morgan fingerprint density at radius 2 is 2.17 bits per heavy atom. The minimum atomic E-state index is -0.532. The van der Waals surface area contributed by atoms with E-state index in [1.165, 1.54) is 6.08 Å². The van der Waals surface area contributed by atoms with E-state index in [1.54, 1.807) is 7.85 Å². The van der Waals surface area contributed by atoms with E-state index in [4.69, 9.17) is 10.2 Å². The van der Waals surface area contributed by atoms with Gasteiger partial charge in [0, 0.05) is 6.00 Å². The highest BCUT2D eigenvalue weighted by Crippen LogP contribution is 1.71. The summed E-state index contributed by atoms with van der Waals surface area (Å²) in [7, 11) is 1.56. The lowest BCUT2D eigenvalue weighted by Gasteiger charge is -1.86. The third-order valence-electron chi connectivity index (χ3n) is 0.365. The summed E-state index contributed by atoms with van der Waals surface area (Å²) in [5.41, 5.74) is 0. The van der Waals surface area contributed by atoms with Crippen LogP contribution in [0.2, 0.25) is 0 Å². The molecule has 0 aromatic heterocycles. The van der Waals surface area contributed by atoms with Gasteiger partial charge in [-0.3, -0.25) is 0 Å². The van der Waals surface area contributed by atoms with Gasteiger partial charge < -0.3 is 10.2 Å². The standard InChI is InChI=1S/C3H7BO2/c4-3(6)1-2-5/h1-3,5-6H,4H2. The molecule has 0 aliphatic rings. The van der Waals surface area contributed by atoms with E-state index in [0.29, 0.717) is 0 Å². The molecule has 1 atom stereocenters. The van der Waals surface area contributed by atoms with E-state index in [-0.39, 0.29) is 0 Å². The predicted octanol–water partition coefficient (Wildman–Crippen LogP) is -0.990. The second-order valence-electron chi connectivity index (χ2n) is 1.08. The van der Waals surface area contributed by atoms with E-state index in [9.17, 15) is 0 Å². The highest BCUT2D eigenvalue weighted by atomic mass is 16.3. The zero-order chi connectivity index (χ0) is 4.99. The lowest BCUT2D eigenvalue weighted by molar-refractivity contribution is 0.298. The number of hydrogen-bond donors (Lipinski definition) is 2. The molecular weight excluding hydrogens is 78.8 g/mol. The molecule has 0 spiro atoms. The average molecular weight is 85.9 g/mol. The number of aliphatic hydroxyl groups excluding tert-OH is 2. The molecular formula is C3H7BO2. The summed E-state index contributed by atoms with van der Waals surface area (Å²) < 4.78 is 0. The molecule has 0 amide bonds. The molecule has 0 aromatic carbocycles. The second kappa shape index (κ2) is 2.78. The van der Waals surface area contributed by atoms with E-state index in [2.05, 4.69) is 0 Å². The van der Waals surface area contributed by atoms with Crippen LogP contribution in [0.15, 0.2) is 12.3 Å². The molecule has 2 nitrogen and oxygen atoms in total. The van der Waals surface area contributed by atoms with Crippen molar-refractivity contribution >= 4 is 7.85 Å². The first-order valence-electron chi connectivity index (χ1n) is 1.76. The summed E-state index contributed by atoms with van der Waals surface area (Å²) in [6, 6.07) is -0.532. The normalized spacial score (nSPS) is 15.5. The minimum Gasteiger partial charge on any atom is -0.516 e. The summed E-state index contributed by atoms with van der Waals surface area (Å²) in [4.78, 5) is 0. The fourth-order valence-electron chi connectivity index (χ4n) is 0.125. The molecule has 3 heteroatoms. The molecule has 2 N–H and O–H groups in total. The van der Waals surface area contributed by atoms with E-state index in [0.717, 1.165) is 6.26 Å². The van der Waals surface area contributed by atoms with Crippen molar-refractivity contribution in [1.82, 2.24) is 0 Å². The van der Waals surface area contributed by atoms with Gasteiger partial charge in [-0.15, -0.1) is 0 Å². The van der Waals surface area contributed by atoms with Gasteiger partial charge in [-0.25, -0.2) is 0 Å². The van der Waals surface area contributed by atoms with Crippen molar-refractivity contribution in [2.24, 2.45) is 0 Å². The van der Waals surface area contributed by atoms with Crippen LogP contribution in [0.4, 0.5) is 0 Å². The Bertz CT molecular complexity index is 50.8. The molecule has 0 fully saturated rings. The van der Waals surface area contributed by atoms with Gasteiger partial charge in [0.2, 0.25) is 0 Å². The van der Waals surface area contributed by atoms with Gasteiger partial charge in [-0.1, -0.05) is 0 Å². The smallest absolute Gasteiger partial charge is 0.144 e. The molecule has 0 heterocycles. The fourth-order valence-corrected chi connectivity index (χ4v) is 0.125. The van der Waals surface area contributed by atoms with Gasteiger partial charge in [0.05, 0.1) is 6.26 Å². The molecule has 0 saturated heterocycles. The summed E-state index contributed by atoms with van der Waals surface area (Å²) in [6.45, 7) is 0. The zero-order valence-corrected chi connectivity index (χ0v) is 3.63. The van der Waals surface area contributed by atoms with Gasteiger partial charge in [0.1, 0.15) is 7.85 Å². The number of rotatable bonds is 1. The molecule has 0 saturated carbocycles. The fraction of sp³-hybridized carbons (Fsp3) is 0.333. The highest BCUT2D eigenvalue weighted by molar-refractivity contribution is 6.11. The maximum absolute atomic E-state index is 8.31. The molecule has 6 heavy (non-hydrogen) atoms. The van der Waals surface area contributed by atoms with Crippen LogP contribution >= 0.6 is 0 Å². The van der Waals surface area contributed by atoms with E-state index >= 15 is 0 Å². The van der Waals surface area contributed by atoms with Crippen molar-refractivity contribution in [3.8, 4) is 0 Å². The van der Waals surface area contributed by atoms with Crippen molar-refractivity contribution in [2.75, 3.05) is 0 Å². The first-order chi connectivity index (χ1) is 2.77. The van der Waals surface area contributed by atoms with Gasteiger partial charge >= 0.3 is 0 Å². The Hall–Kier alpha value is -0.435. The maximum atomic E-state index is 8.31. The first kappa shape index (κ1) is 5.56. The summed E-state index contributed by atoms with van der Waals surface area (Å²) in [5, 5.41) is 16.2. The topological polar surface area (TPSA) is 40.5 Å². The quantitative estimate of drug-likeness (QED) is 0.317. The molecule has 0 aromatic rings. The van der Waals surface area contributed by atoms with Crippen LogP contribution in [0.25, 0.3) is 0 Å². The Balaban J connectivity index is 3.03. The third-order valence-corrected chi connectivity index (χ3v) is 0.365. The Morgan fingerprint density at radius 1 is 1.67 bits per heavy atom. The third kappa shape index (κ3) is 3.56. The molecule has 0 rings (SSSR count). The zero-order valence-electron chi connectivity index (χ0n) is 3.63. The molecule has 0 aliphatic carbocycles. The van der Waals surface area contributed by atoms with Gasteiger partial charge in [-0.05, 0) is 6.08 Å². The van der Waals surface area contributed by atoms with Crippen LogP contribution in [0.3, 0.4) is 0 Å². The van der Waals surface area contributed by atoms with E-state index < -0.39 is 6.00 Å². The highest BCUT2D eigenvalue weighted by Gasteiger charge is 1.80. The van der Waals surface area contributed by atoms with Crippen LogP contribution in [0, 0.1) is 0 Å². The van der Waals surface area contributed by atoms with Gasteiger partial charge in [0.15, 0.2) is 0 Å². The SMILES string of the molecule is BC(O)C=CO. The average Bonchev–Trinajstić information content (AvgIpc) is 1.35. The van der Waals surface area contributed by atoms with Crippen molar-refractivity contribution < 1.29 is 10.2 Å². The predicted molar refractivity (Wildman–Crippen MR) is 26.3 cm³/mol. The van der Waals surface area contributed by atoms with Crippen LogP contribution in [-0.4, -0.2) is 24.1 Å². The summed E-state index contributed by atoms with van der Waals surface area (Å²) in [6.07, 6.45) is 2.10. The molecule has 0 aliphatic heterocycles. The van der Waals surface area contributed by atoms with Crippen LogP contribution in [-0.2, 0) is 0 Å².